The second kappa shape index (κ2) is 8.06. The summed E-state index contributed by atoms with van der Waals surface area (Å²) >= 11 is 0. The van der Waals surface area contributed by atoms with E-state index in [1.807, 2.05) is 11.7 Å². The highest BCUT2D eigenvalue weighted by Crippen LogP contribution is 2.41. The maximum atomic E-state index is 5.68. The Morgan fingerprint density at radius 1 is 1.03 bits per heavy atom. The molecular weight excluding hydrogens is 372 g/mol. The number of aryl methyl sites for hydroxylation is 1. The topological polar surface area (TPSA) is 83.6 Å². The molecule has 0 aliphatic carbocycles. The molecule has 3 aromatic rings. The number of benzene rings is 1. The van der Waals surface area contributed by atoms with Gasteiger partial charge < -0.3 is 23.9 Å². The van der Waals surface area contributed by atoms with Crippen molar-refractivity contribution in [3.8, 4) is 28.7 Å². The Hall–Kier alpha value is -3.16. The molecule has 0 saturated heterocycles. The summed E-state index contributed by atoms with van der Waals surface area (Å²) in [4.78, 5) is 4.58. The number of anilines is 1. The van der Waals surface area contributed by atoms with Crippen LogP contribution < -0.4 is 19.5 Å². The van der Waals surface area contributed by atoms with E-state index in [1.54, 1.807) is 39.7 Å². The highest BCUT2D eigenvalue weighted by atomic mass is 16.5. The summed E-state index contributed by atoms with van der Waals surface area (Å²) < 4.78 is 23.7. The number of hydrogen-bond acceptors (Lipinski definition) is 7. The van der Waals surface area contributed by atoms with Gasteiger partial charge in [0.1, 0.15) is 12.1 Å². The van der Waals surface area contributed by atoms with Crippen LogP contribution in [0.4, 0.5) is 5.82 Å². The van der Waals surface area contributed by atoms with E-state index in [0.29, 0.717) is 29.7 Å². The van der Waals surface area contributed by atoms with Gasteiger partial charge in [-0.15, -0.1) is 0 Å². The summed E-state index contributed by atoms with van der Waals surface area (Å²) in [5.74, 6) is 3.01. The van der Waals surface area contributed by atoms with E-state index in [-0.39, 0.29) is 5.41 Å². The number of aromatic nitrogens is 3. The Kier molecular flexibility index (Phi) is 5.72. The molecule has 2 heterocycles. The van der Waals surface area contributed by atoms with Crippen LogP contribution in [0.15, 0.2) is 28.9 Å². The van der Waals surface area contributed by atoms with Gasteiger partial charge in [-0.1, -0.05) is 20.8 Å². The van der Waals surface area contributed by atoms with Crippen LogP contribution in [0.1, 0.15) is 32.2 Å². The number of nitrogens with one attached hydrogen (secondary N) is 1. The molecule has 0 aliphatic heterocycles. The first kappa shape index (κ1) is 20.6. The lowest BCUT2D eigenvalue weighted by Crippen LogP contribution is -2.12. The molecule has 0 unspecified atom stereocenters. The smallest absolute Gasteiger partial charge is 0.226 e. The summed E-state index contributed by atoms with van der Waals surface area (Å²) in [5, 5.41) is 7.93. The van der Waals surface area contributed by atoms with Gasteiger partial charge in [0.2, 0.25) is 11.6 Å². The molecule has 0 saturated carbocycles. The first-order valence-corrected chi connectivity index (χ1v) is 9.30. The highest BCUT2D eigenvalue weighted by Gasteiger charge is 2.19. The van der Waals surface area contributed by atoms with E-state index in [1.165, 1.54) is 0 Å². The SMILES string of the molecule is COc1cc(-c2nc(CNc3cc(C(C)(C)C)nn3C)co2)cc(OC)c1OC. The van der Waals surface area contributed by atoms with Crippen molar-refractivity contribution in [3.05, 3.63) is 35.9 Å². The normalized spacial score (nSPS) is 11.4. The fourth-order valence-corrected chi connectivity index (χ4v) is 2.91. The third kappa shape index (κ3) is 4.31. The summed E-state index contributed by atoms with van der Waals surface area (Å²) in [6.07, 6.45) is 1.63. The lowest BCUT2D eigenvalue weighted by Gasteiger charge is -2.13. The maximum absolute atomic E-state index is 5.68. The van der Waals surface area contributed by atoms with Crippen molar-refractivity contribution < 1.29 is 18.6 Å². The number of nitrogens with zero attached hydrogens (tertiary/aromatic N) is 3. The van der Waals surface area contributed by atoms with E-state index in [2.05, 4.69) is 42.2 Å². The average Bonchev–Trinajstić information content (AvgIpc) is 3.31. The third-order valence-electron chi connectivity index (χ3n) is 4.56. The van der Waals surface area contributed by atoms with E-state index in [0.717, 1.165) is 22.8 Å². The molecule has 0 aliphatic rings. The summed E-state index contributed by atoms with van der Waals surface area (Å²) in [6.45, 7) is 6.93. The first-order chi connectivity index (χ1) is 13.8. The lowest BCUT2D eigenvalue weighted by molar-refractivity contribution is 0.324. The molecule has 0 spiro atoms. The molecule has 8 nitrogen and oxygen atoms in total. The zero-order valence-corrected chi connectivity index (χ0v) is 18.0. The number of oxazole rings is 1. The molecule has 0 atom stereocenters. The number of methoxy groups -OCH3 is 3. The van der Waals surface area contributed by atoms with Crippen molar-refractivity contribution in [3.63, 3.8) is 0 Å². The van der Waals surface area contributed by atoms with Crippen molar-refractivity contribution in [2.24, 2.45) is 7.05 Å². The van der Waals surface area contributed by atoms with E-state index in [4.69, 9.17) is 18.6 Å². The molecule has 3 rings (SSSR count). The Labute approximate surface area is 170 Å². The Bertz CT molecular complexity index is 960. The minimum atomic E-state index is -0.00870. The fraction of sp³-hybridized carbons (Fsp3) is 0.429. The summed E-state index contributed by atoms with van der Waals surface area (Å²) in [5.41, 5.74) is 2.53. The van der Waals surface area contributed by atoms with Gasteiger partial charge in [0.05, 0.1) is 39.3 Å². The molecule has 29 heavy (non-hydrogen) atoms. The van der Waals surface area contributed by atoms with Crippen LogP contribution in [0, 0.1) is 0 Å². The van der Waals surface area contributed by atoms with Crippen molar-refractivity contribution >= 4 is 5.82 Å². The van der Waals surface area contributed by atoms with Gasteiger partial charge in [0, 0.05) is 24.1 Å². The highest BCUT2D eigenvalue weighted by molar-refractivity contribution is 5.66. The van der Waals surface area contributed by atoms with E-state index >= 15 is 0 Å². The minimum absolute atomic E-state index is 0.00870. The van der Waals surface area contributed by atoms with Crippen LogP contribution in [0.2, 0.25) is 0 Å². The molecule has 8 heteroatoms. The van der Waals surface area contributed by atoms with Gasteiger partial charge in [0.25, 0.3) is 0 Å². The monoisotopic (exact) mass is 400 g/mol. The van der Waals surface area contributed by atoms with Gasteiger partial charge in [-0.05, 0) is 12.1 Å². The number of hydrogen-bond donors (Lipinski definition) is 1. The number of ether oxygens (including phenoxy) is 3. The second-order valence-corrected chi connectivity index (χ2v) is 7.70. The molecule has 0 radical (unpaired) electrons. The van der Waals surface area contributed by atoms with Gasteiger partial charge in [-0.3, -0.25) is 4.68 Å². The molecule has 156 valence electrons. The first-order valence-electron chi connectivity index (χ1n) is 9.30. The van der Waals surface area contributed by atoms with Crippen molar-refractivity contribution in [1.82, 2.24) is 14.8 Å². The second-order valence-electron chi connectivity index (χ2n) is 7.70. The van der Waals surface area contributed by atoms with Gasteiger partial charge in [-0.2, -0.15) is 5.10 Å². The molecule has 0 fully saturated rings. The van der Waals surface area contributed by atoms with Crippen molar-refractivity contribution in [2.75, 3.05) is 26.6 Å². The zero-order chi connectivity index (χ0) is 21.2. The van der Waals surface area contributed by atoms with Crippen LogP contribution >= 0.6 is 0 Å². The standard InChI is InChI=1S/C21H28N4O4/c1-21(2,3)17-10-18(25(4)24-17)22-11-14-12-29-20(23-14)13-8-15(26-5)19(28-7)16(9-13)27-6/h8-10,12,22H,11H2,1-7H3. The van der Waals surface area contributed by atoms with E-state index in [9.17, 15) is 0 Å². The average molecular weight is 400 g/mol. The zero-order valence-electron chi connectivity index (χ0n) is 18.0. The summed E-state index contributed by atoms with van der Waals surface area (Å²) in [6, 6.07) is 5.67. The summed E-state index contributed by atoms with van der Waals surface area (Å²) in [7, 11) is 6.64. The van der Waals surface area contributed by atoms with Crippen LogP contribution in [-0.4, -0.2) is 36.1 Å². The molecule has 1 aromatic carbocycles. The molecule has 1 N–H and O–H groups in total. The van der Waals surface area contributed by atoms with E-state index < -0.39 is 0 Å². The third-order valence-corrected chi connectivity index (χ3v) is 4.56. The molecule has 2 aromatic heterocycles. The maximum Gasteiger partial charge on any atom is 0.226 e. The van der Waals surface area contributed by atoms with Gasteiger partial charge in [-0.25, -0.2) is 4.98 Å². The minimum Gasteiger partial charge on any atom is -0.493 e. The Morgan fingerprint density at radius 2 is 1.69 bits per heavy atom. The van der Waals surface area contributed by atoms with Crippen LogP contribution in [0.25, 0.3) is 11.5 Å². The predicted octanol–water partition coefficient (Wildman–Crippen LogP) is 4.01. The Balaban J connectivity index is 1.79. The molecule has 0 bridgehead atoms. The quantitative estimate of drug-likeness (QED) is 0.641. The number of rotatable bonds is 7. The van der Waals surface area contributed by atoms with Crippen molar-refractivity contribution in [2.45, 2.75) is 32.7 Å². The lowest BCUT2D eigenvalue weighted by atomic mass is 9.92. The predicted molar refractivity (Wildman–Crippen MR) is 111 cm³/mol. The van der Waals surface area contributed by atoms with Crippen LogP contribution in [-0.2, 0) is 19.0 Å². The molecule has 0 amide bonds. The molecular formula is C21H28N4O4. The largest absolute Gasteiger partial charge is 0.493 e. The van der Waals surface area contributed by atoms with Gasteiger partial charge in [0.15, 0.2) is 11.5 Å². The fourth-order valence-electron chi connectivity index (χ4n) is 2.91. The van der Waals surface area contributed by atoms with Crippen LogP contribution in [0.3, 0.4) is 0 Å². The van der Waals surface area contributed by atoms with Gasteiger partial charge >= 0.3 is 0 Å². The van der Waals surface area contributed by atoms with Crippen LogP contribution in [0.5, 0.6) is 17.2 Å². The Morgan fingerprint density at radius 3 is 2.21 bits per heavy atom. The van der Waals surface area contributed by atoms with Crippen molar-refractivity contribution in [1.29, 1.82) is 0 Å².